The van der Waals surface area contributed by atoms with Gasteiger partial charge in [-0.3, -0.25) is 0 Å². The maximum atomic E-state index is 5.31. The lowest BCUT2D eigenvalue weighted by Crippen LogP contribution is -2.27. The van der Waals surface area contributed by atoms with Gasteiger partial charge in [0.15, 0.2) is 0 Å². The minimum atomic E-state index is 0.527. The van der Waals surface area contributed by atoms with Crippen molar-refractivity contribution < 1.29 is 4.42 Å². The van der Waals surface area contributed by atoms with Gasteiger partial charge in [0.05, 0.1) is 6.26 Å². The first-order chi connectivity index (χ1) is 7.29. The zero-order valence-electron chi connectivity index (χ0n) is 9.29. The molecule has 1 N–H and O–H groups in total. The van der Waals surface area contributed by atoms with E-state index in [9.17, 15) is 0 Å². The van der Waals surface area contributed by atoms with Crippen molar-refractivity contribution in [3.63, 3.8) is 0 Å². The molecule has 0 spiro atoms. The van der Waals surface area contributed by atoms with E-state index in [0.29, 0.717) is 6.04 Å². The van der Waals surface area contributed by atoms with Crippen LogP contribution in [-0.4, -0.2) is 12.6 Å². The first-order valence-corrected chi connectivity index (χ1v) is 5.49. The van der Waals surface area contributed by atoms with Crippen molar-refractivity contribution in [3.8, 4) is 0 Å². The van der Waals surface area contributed by atoms with Crippen LogP contribution in [0.15, 0.2) is 34.9 Å². The van der Waals surface area contributed by atoms with Gasteiger partial charge in [0.25, 0.3) is 0 Å². The molecule has 2 rings (SSSR count). The van der Waals surface area contributed by atoms with Gasteiger partial charge in [-0.15, -0.1) is 0 Å². The number of hydrogen-bond donors (Lipinski definition) is 1. The van der Waals surface area contributed by atoms with E-state index in [0.717, 1.165) is 18.5 Å². The molecule has 0 unspecified atom stereocenters. The van der Waals surface area contributed by atoms with E-state index >= 15 is 0 Å². The molecular weight excluding hydrogens is 186 g/mol. The molecule has 0 aliphatic rings. The number of likely N-dealkylation sites (N-methyl/N-ethyl adjacent to an activating group) is 1. The van der Waals surface area contributed by atoms with Gasteiger partial charge in [0.2, 0.25) is 0 Å². The Hall–Kier alpha value is -1.28. The van der Waals surface area contributed by atoms with Crippen molar-refractivity contribution >= 4 is 11.0 Å². The Morgan fingerprint density at radius 1 is 1.33 bits per heavy atom. The van der Waals surface area contributed by atoms with Gasteiger partial charge in [-0.05, 0) is 43.7 Å². The van der Waals surface area contributed by atoms with Crippen LogP contribution >= 0.6 is 0 Å². The smallest absolute Gasteiger partial charge is 0.133 e. The van der Waals surface area contributed by atoms with Crippen LogP contribution in [0.3, 0.4) is 0 Å². The second-order valence-electron chi connectivity index (χ2n) is 3.96. The molecule has 0 amide bonds. The molecule has 0 aliphatic carbocycles. The Morgan fingerprint density at radius 3 is 3.00 bits per heavy atom. The largest absolute Gasteiger partial charge is 0.464 e. The molecule has 0 bridgehead atoms. The highest BCUT2D eigenvalue weighted by Gasteiger charge is 2.03. The molecule has 2 aromatic rings. The second kappa shape index (κ2) is 4.49. The van der Waals surface area contributed by atoms with Crippen LogP contribution in [0.4, 0.5) is 0 Å². The molecule has 0 fully saturated rings. The summed E-state index contributed by atoms with van der Waals surface area (Å²) in [5.74, 6) is 0. The van der Waals surface area contributed by atoms with Crippen molar-refractivity contribution in [3.05, 3.63) is 36.1 Å². The van der Waals surface area contributed by atoms with Crippen molar-refractivity contribution in [2.45, 2.75) is 26.3 Å². The van der Waals surface area contributed by atoms with Gasteiger partial charge in [0, 0.05) is 11.4 Å². The van der Waals surface area contributed by atoms with Gasteiger partial charge >= 0.3 is 0 Å². The quantitative estimate of drug-likeness (QED) is 0.826. The highest BCUT2D eigenvalue weighted by molar-refractivity contribution is 5.77. The fraction of sp³-hybridized carbons (Fsp3) is 0.385. The van der Waals surface area contributed by atoms with E-state index < -0.39 is 0 Å². The molecule has 2 nitrogen and oxygen atoms in total. The predicted molar refractivity (Wildman–Crippen MR) is 63.1 cm³/mol. The Bertz CT molecular complexity index is 433. The van der Waals surface area contributed by atoms with Crippen molar-refractivity contribution in [1.29, 1.82) is 0 Å². The summed E-state index contributed by atoms with van der Waals surface area (Å²) in [5.41, 5.74) is 2.33. The van der Waals surface area contributed by atoms with E-state index in [2.05, 4.69) is 31.3 Å². The molecule has 1 aromatic carbocycles. The molecule has 1 aromatic heterocycles. The van der Waals surface area contributed by atoms with Gasteiger partial charge in [-0.1, -0.05) is 13.0 Å². The second-order valence-corrected chi connectivity index (χ2v) is 3.96. The van der Waals surface area contributed by atoms with Crippen molar-refractivity contribution in [2.75, 3.05) is 6.54 Å². The molecule has 1 heterocycles. The number of rotatable bonds is 4. The summed E-state index contributed by atoms with van der Waals surface area (Å²) in [6.07, 6.45) is 2.80. The SMILES string of the molecule is CCN[C@@H](C)Cc1ccc2occc2c1. The molecular formula is C13H17NO. The fourth-order valence-electron chi connectivity index (χ4n) is 1.92. The molecule has 0 saturated heterocycles. The number of nitrogens with one attached hydrogen (secondary N) is 1. The van der Waals surface area contributed by atoms with Crippen LogP contribution < -0.4 is 5.32 Å². The third kappa shape index (κ3) is 2.39. The Labute approximate surface area is 90.3 Å². The van der Waals surface area contributed by atoms with E-state index in [-0.39, 0.29) is 0 Å². The standard InChI is InChI=1S/C13H17NO/c1-3-14-10(2)8-11-4-5-13-12(9-11)6-7-15-13/h4-7,9-10,14H,3,8H2,1-2H3/t10-/m0/s1. The van der Waals surface area contributed by atoms with Gasteiger partial charge in [0.1, 0.15) is 5.58 Å². The third-order valence-electron chi connectivity index (χ3n) is 2.61. The third-order valence-corrected chi connectivity index (χ3v) is 2.61. The van der Waals surface area contributed by atoms with Crippen LogP contribution in [0.1, 0.15) is 19.4 Å². The van der Waals surface area contributed by atoms with Crippen LogP contribution in [0.5, 0.6) is 0 Å². The molecule has 2 heteroatoms. The highest BCUT2D eigenvalue weighted by atomic mass is 16.3. The molecule has 80 valence electrons. The molecule has 0 saturated carbocycles. The monoisotopic (exact) mass is 203 g/mol. The summed E-state index contributed by atoms with van der Waals surface area (Å²) < 4.78 is 5.31. The Balaban J connectivity index is 2.14. The zero-order chi connectivity index (χ0) is 10.7. The minimum Gasteiger partial charge on any atom is -0.464 e. The summed E-state index contributed by atoms with van der Waals surface area (Å²) in [6, 6.07) is 8.92. The Morgan fingerprint density at radius 2 is 2.20 bits per heavy atom. The number of fused-ring (bicyclic) bond motifs is 1. The van der Waals surface area contributed by atoms with Gasteiger partial charge < -0.3 is 9.73 Å². The summed E-state index contributed by atoms with van der Waals surface area (Å²) in [6.45, 7) is 5.37. The number of furan rings is 1. The molecule has 1 atom stereocenters. The van der Waals surface area contributed by atoms with Gasteiger partial charge in [-0.2, -0.15) is 0 Å². The lowest BCUT2D eigenvalue weighted by atomic mass is 10.1. The van der Waals surface area contributed by atoms with Crippen LogP contribution in [-0.2, 0) is 6.42 Å². The maximum absolute atomic E-state index is 5.31. The average Bonchev–Trinajstić information content (AvgIpc) is 2.65. The summed E-state index contributed by atoms with van der Waals surface area (Å²) in [4.78, 5) is 0. The maximum Gasteiger partial charge on any atom is 0.133 e. The lowest BCUT2D eigenvalue weighted by Gasteiger charge is -2.11. The molecule has 0 aliphatic heterocycles. The first-order valence-electron chi connectivity index (χ1n) is 5.49. The number of benzene rings is 1. The van der Waals surface area contributed by atoms with Crippen LogP contribution in [0.25, 0.3) is 11.0 Å². The Kier molecular flexibility index (Phi) is 3.07. The van der Waals surface area contributed by atoms with E-state index in [1.807, 2.05) is 12.1 Å². The van der Waals surface area contributed by atoms with Gasteiger partial charge in [-0.25, -0.2) is 0 Å². The van der Waals surface area contributed by atoms with Crippen LogP contribution in [0.2, 0.25) is 0 Å². The fourth-order valence-corrected chi connectivity index (χ4v) is 1.92. The van der Waals surface area contributed by atoms with E-state index in [1.54, 1.807) is 6.26 Å². The molecule has 0 radical (unpaired) electrons. The first kappa shape index (κ1) is 10.2. The lowest BCUT2D eigenvalue weighted by molar-refractivity contribution is 0.565. The summed E-state index contributed by atoms with van der Waals surface area (Å²) in [7, 11) is 0. The highest BCUT2D eigenvalue weighted by Crippen LogP contribution is 2.17. The topological polar surface area (TPSA) is 25.2 Å². The predicted octanol–water partition coefficient (Wildman–Crippen LogP) is 2.97. The van der Waals surface area contributed by atoms with E-state index in [4.69, 9.17) is 4.42 Å². The van der Waals surface area contributed by atoms with Crippen molar-refractivity contribution in [1.82, 2.24) is 5.32 Å². The normalized spacial score (nSPS) is 13.2. The van der Waals surface area contributed by atoms with Crippen molar-refractivity contribution in [2.24, 2.45) is 0 Å². The summed E-state index contributed by atoms with van der Waals surface area (Å²) in [5, 5.41) is 4.60. The summed E-state index contributed by atoms with van der Waals surface area (Å²) >= 11 is 0. The molecule has 15 heavy (non-hydrogen) atoms. The van der Waals surface area contributed by atoms with E-state index in [1.165, 1.54) is 10.9 Å². The van der Waals surface area contributed by atoms with Crippen LogP contribution in [0, 0.1) is 0 Å². The zero-order valence-corrected chi connectivity index (χ0v) is 9.29. The minimum absolute atomic E-state index is 0.527. The average molecular weight is 203 g/mol. The number of hydrogen-bond acceptors (Lipinski definition) is 2.